The Labute approximate surface area is 187 Å². The second-order valence-electron chi connectivity index (χ2n) is 8.47. The van der Waals surface area contributed by atoms with Crippen LogP contribution in [0.25, 0.3) is 0 Å². The van der Waals surface area contributed by atoms with Gasteiger partial charge in [-0.15, -0.1) is 0 Å². The molecule has 0 bridgehead atoms. The lowest BCUT2D eigenvalue weighted by Crippen LogP contribution is -2.40. The number of allylic oxidation sites excluding steroid dienone is 1. The number of anilines is 2. The number of benzene rings is 2. The van der Waals surface area contributed by atoms with Crippen molar-refractivity contribution in [3.05, 3.63) is 59.8 Å². The van der Waals surface area contributed by atoms with Gasteiger partial charge in [0, 0.05) is 24.3 Å². The highest BCUT2D eigenvalue weighted by Crippen LogP contribution is 2.53. The Morgan fingerprint density at radius 2 is 2.06 bits per heavy atom. The number of aliphatic imine (C=N–C) groups is 1. The van der Waals surface area contributed by atoms with E-state index >= 15 is 0 Å². The van der Waals surface area contributed by atoms with Gasteiger partial charge in [0.25, 0.3) is 0 Å². The number of nitrogens with one attached hydrogen (secondary N) is 1. The Bertz CT molecular complexity index is 1100. The first-order chi connectivity index (χ1) is 15.6. The van der Waals surface area contributed by atoms with Crippen molar-refractivity contribution in [1.82, 2.24) is 0 Å². The van der Waals surface area contributed by atoms with Gasteiger partial charge in [-0.2, -0.15) is 0 Å². The third-order valence-corrected chi connectivity index (χ3v) is 6.72. The third kappa shape index (κ3) is 3.42. The number of hydrogen-bond acceptors (Lipinski definition) is 6. The quantitative estimate of drug-likeness (QED) is 0.706. The van der Waals surface area contributed by atoms with Gasteiger partial charge >= 0.3 is 0 Å². The first kappa shape index (κ1) is 20.6. The van der Waals surface area contributed by atoms with E-state index in [4.69, 9.17) is 20.2 Å². The molecule has 166 valence electrons. The Morgan fingerprint density at radius 1 is 1.25 bits per heavy atom. The fourth-order valence-corrected chi connectivity index (χ4v) is 4.82. The van der Waals surface area contributed by atoms with E-state index in [1.807, 2.05) is 18.2 Å². The van der Waals surface area contributed by atoms with E-state index in [0.29, 0.717) is 5.75 Å². The third-order valence-electron chi connectivity index (χ3n) is 6.72. The van der Waals surface area contributed by atoms with Gasteiger partial charge in [-0.25, -0.2) is 4.99 Å². The number of fused-ring (bicyclic) bond motifs is 2. The minimum atomic E-state index is -0.438. The van der Waals surface area contributed by atoms with Crippen molar-refractivity contribution in [2.75, 3.05) is 43.6 Å². The highest BCUT2D eigenvalue weighted by atomic mass is 16.5. The second kappa shape index (κ2) is 8.31. The monoisotopic (exact) mass is 432 g/mol. The van der Waals surface area contributed by atoms with Crippen molar-refractivity contribution < 1.29 is 14.3 Å². The molecule has 7 heteroatoms. The zero-order valence-electron chi connectivity index (χ0n) is 18.3. The molecule has 3 N–H and O–H groups in total. The van der Waals surface area contributed by atoms with E-state index in [1.54, 1.807) is 13.2 Å². The van der Waals surface area contributed by atoms with Crippen LogP contribution in [0.3, 0.4) is 0 Å². The average Bonchev–Trinajstić information content (AvgIpc) is 3.11. The smallest absolute Gasteiger partial charge is 0.235 e. The molecule has 0 unspecified atom stereocenters. The number of ether oxygens (including phenoxy) is 2. The molecular formula is C25H28N4O3. The summed E-state index contributed by atoms with van der Waals surface area (Å²) in [5, 5.41) is 3.04. The lowest BCUT2D eigenvalue weighted by molar-refractivity contribution is -0.123. The number of morpholine rings is 1. The number of amides is 1. The molecule has 1 saturated carbocycles. The van der Waals surface area contributed by atoms with E-state index in [-0.39, 0.29) is 5.91 Å². The van der Waals surface area contributed by atoms with Gasteiger partial charge in [-0.3, -0.25) is 4.79 Å². The first-order valence-electron chi connectivity index (χ1n) is 11.1. The largest absolute Gasteiger partial charge is 0.495 e. The van der Waals surface area contributed by atoms with E-state index in [1.165, 1.54) is 6.20 Å². The van der Waals surface area contributed by atoms with Crippen molar-refractivity contribution >= 4 is 28.7 Å². The fourth-order valence-electron chi connectivity index (χ4n) is 4.82. The number of methoxy groups -OCH3 is 1. The molecular weight excluding hydrogens is 404 g/mol. The van der Waals surface area contributed by atoms with Crippen LogP contribution in [0.4, 0.5) is 17.1 Å². The zero-order valence-corrected chi connectivity index (χ0v) is 18.3. The molecule has 0 aromatic heterocycles. The molecule has 2 fully saturated rings. The van der Waals surface area contributed by atoms with Crippen LogP contribution < -0.4 is 20.7 Å². The number of rotatable bonds is 5. The SMILES string of the molecule is COc1cc(C(C=CN)=Nc2cccc(N3CCOCC3)c2)cc2c1NC(=O)C21CCC1. The van der Waals surface area contributed by atoms with Gasteiger partial charge in [0.15, 0.2) is 0 Å². The molecule has 1 saturated heterocycles. The Morgan fingerprint density at radius 3 is 2.75 bits per heavy atom. The van der Waals surface area contributed by atoms with Gasteiger partial charge in [0.1, 0.15) is 5.75 Å². The molecule has 5 rings (SSSR count). The molecule has 1 aliphatic carbocycles. The normalized spacial score (nSPS) is 19.7. The molecule has 1 spiro atoms. The average molecular weight is 433 g/mol. The molecule has 2 aromatic rings. The summed E-state index contributed by atoms with van der Waals surface area (Å²) in [5.74, 6) is 0.718. The highest BCUT2D eigenvalue weighted by Gasteiger charge is 2.52. The maximum Gasteiger partial charge on any atom is 0.235 e. The van der Waals surface area contributed by atoms with Crippen LogP contribution in [0.15, 0.2) is 53.7 Å². The summed E-state index contributed by atoms with van der Waals surface area (Å²) in [6.07, 6.45) is 6.06. The maximum absolute atomic E-state index is 12.7. The molecule has 2 aliphatic heterocycles. The van der Waals surface area contributed by atoms with Crippen molar-refractivity contribution in [3.8, 4) is 5.75 Å². The van der Waals surface area contributed by atoms with Gasteiger partial charge in [-0.1, -0.05) is 12.5 Å². The Kier molecular flexibility index (Phi) is 5.35. The minimum Gasteiger partial charge on any atom is -0.495 e. The van der Waals surface area contributed by atoms with Crippen LogP contribution in [0.2, 0.25) is 0 Å². The van der Waals surface area contributed by atoms with E-state index in [0.717, 1.165) is 79.5 Å². The van der Waals surface area contributed by atoms with Crippen LogP contribution in [-0.4, -0.2) is 45.0 Å². The Hall–Kier alpha value is -3.32. The first-order valence-corrected chi connectivity index (χ1v) is 11.1. The van der Waals surface area contributed by atoms with E-state index in [9.17, 15) is 4.79 Å². The van der Waals surface area contributed by atoms with Crippen molar-refractivity contribution in [3.63, 3.8) is 0 Å². The van der Waals surface area contributed by atoms with Crippen molar-refractivity contribution in [1.29, 1.82) is 0 Å². The number of hydrogen-bond donors (Lipinski definition) is 2. The lowest BCUT2D eigenvalue weighted by Gasteiger charge is -2.36. The summed E-state index contributed by atoms with van der Waals surface area (Å²) < 4.78 is 11.1. The minimum absolute atomic E-state index is 0.0697. The summed E-state index contributed by atoms with van der Waals surface area (Å²) in [5.41, 5.74) is 10.7. The van der Waals surface area contributed by atoms with Gasteiger partial charge in [0.2, 0.25) is 5.91 Å². The van der Waals surface area contributed by atoms with Crippen molar-refractivity contribution in [2.24, 2.45) is 10.7 Å². The van der Waals surface area contributed by atoms with Crippen LogP contribution in [0, 0.1) is 0 Å². The van der Waals surface area contributed by atoms with Gasteiger partial charge < -0.3 is 25.4 Å². The van der Waals surface area contributed by atoms with E-state index in [2.05, 4.69) is 28.4 Å². The summed E-state index contributed by atoms with van der Waals surface area (Å²) in [6, 6.07) is 12.2. The Balaban J connectivity index is 1.55. The lowest BCUT2D eigenvalue weighted by atomic mass is 9.65. The molecule has 0 atom stereocenters. The number of carbonyl (C=O) groups is 1. The van der Waals surface area contributed by atoms with Crippen LogP contribution >= 0.6 is 0 Å². The van der Waals surface area contributed by atoms with E-state index < -0.39 is 5.41 Å². The molecule has 3 aliphatic rings. The van der Waals surface area contributed by atoms with Crippen LogP contribution in [0.5, 0.6) is 5.75 Å². The number of nitrogens with zero attached hydrogens (tertiary/aromatic N) is 2. The molecule has 7 nitrogen and oxygen atoms in total. The number of carbonyl (C=O) groups excluding carboxylic acids is 1. The zero-order chi connectivity index (χ0) is 22.1. The van der Waals surface area contributed by atoms with Crippen molar-refractivity contribution in [2.45, 2.75) is 24.7 Å². The molecule has 2 heterocycles. The summed E-state index contributed by atoms with van der Waals surface area (Å²) in [6.45, 7) is 3.21. The topological polar surface area (TPSA) is 89.2 Å². The van der Waals surface area contributed by atoms with Gasteiger partial charge in [0.05, 0.1) is 42.8 Å². The standard InChI is InChI=1S/C25H28N4O3/c1-31-22-15-17(14-20-23(22)28-24(30)25(20)7-3-8-25)21(6-9-26)27-18-4-2-5-19(16-18)29-10-12-32-13-11-29/h2,4-6,9,14-16H,3,7-8,10-13,26H2,1H3,(H,28,30). The molecule has 2 aromatic carbocycles. The van der Waals surface area contributed by atoms with Crippen LogP contribution in [-0.2, 0) is 14.9 Å². The predicted molar refractivity (Wildman–Crippen MR) is 126 cm³/mol. The fraction of sp³-hybridized carbons (Fsp3) is 0.360. The molecule has 1 amide bonds. The summed E-state index contributed by atoms with van der Waals surface area (Å²) in [4.78, 5) is 20.0. The summed E-state index contributed by atoms with van der Waals surface area (Å²) in [7, 11) is 1.62. The molecule has 0 radical (unpaired) electrons. The second-order valence-corrected chi connectivity index (χ2v) is 8.47. The highest BCUT2D eigenvalue weighted by molar-refractivity contribution is 6.13. The number of nitrogens with two attached hydrogens (primary N) is 1. The summed E-state index contributed by atoms with van der Waals surface area (Å²) >= 11 is 0. The van der Waals surface area contributed by atoms with Gasteiger partial charge in [-0.05, 0) is 61.0 Å². The predicted octanol–water partition coefficient (Wildman–Crippen LogP) is 3.50. The van der Waals surface area contributed by atoms with Crippen LogP contribution in [0.1, 0.15) is 30.4 Å². The molecule has 32 heavy (non-hydrogen) atoms. The maximum atomic E-state index is 12.7.